The summed E-state index contributed by atoms with van der Waals surface area (Å²) in [7, 11) is -2.37. The molecule has 0 aliphatic carbocycles. The van der Waals surface area contributed by atoms with Crippen LogP contribution in [0.2, 0.25) is 0 Å². The molecule has 2 aromatic rings. The predicted molar refractivity (Wildman–Crippen MR) is 95.4 cm³/mol. The molecule has 2 rings (SSSR count). The van der Waals surface area contributed by atoms with Crippen LogP contribution in [0.25, 0.3) is 11.1 Å². The highest BCUT2D eigenvalue weighted by molar-refractivity contribution is 7.89. The average molecular weight is 363 g/mol. The maximum absolute atomic E-state index is 12.5. The van der Waals surface area contributed by atoms with Gasteiger partial charge in [-0.2, -0.15) is 0 Å². The van der Waals surface area contributed by atoms with E-state index in [2.05, 4.69) is 4.72 Å². The third-order valence-electron chi connectivity index (χ3n) is 3.83. The zero-order valence-corrected chi connectivity index (χ0v) is 15.2. The van der Waals surface area contributed by atoms with Crippen LogP contribution in [0.3, 0.4) is 0 Å². The Labute approximate surface area is 147 Å². The molecule has 0 atom stereocenters. The summed E-state index contributed by atoms with van der Waals surface area (Å²) in [5, 5.41) is 9.36. The van der Waals surface area contributed by atoms with E-state index in [9.17, 15) is 18.3 Å². The first kappa shape index (κ1) is 19.1. The summed E-state index contributed by atoms with van der Waals surface area (Å²) in [6.45, 7) is 4.14. The summed E-state index contributed by atoms with van der Waals surface area (Å²) in [5.41, 5.74) is 3.20. The highest BCUT2D eigenvalue weighted by atomic mass is 32.2. The van der Waals surface area contributed by atoms with Gasteiger partial charge >= 0.3 is 5.97 Å². The first-order chi connectivity index (χ1) is 11.8. The lowest BCUT2D eigenvalue weighted by Gasteiger charge is -2.13. The molecule has 0 unspecified atom stereocenters. The van der Waals surface area contributed by atoms with Crippen LogP contribution in [0, 0.1) is 13.8 Å². The van der Waals surface area contributed by atoms with Gasteiger partial charge in [0.1, 0.15) is 0 Å². The van der Waals surface area contributed by atoms with Crippen LogP contribution in [-0.2, 0) is 14.8 Å². The molecule has 0 spiro atoms. The lowest BCUT2D eigenvalue weighted by molar-refractivity contribution is 0.0696. The van der Waals surface area contributed by atoms with Crippen molar-refractivity contribution in [3.8, 4) is 11.1 Å². The van der Waals surface area contributed by atoms with Gasteiger partial charge in [0.2, 0.25) is 10.0 Å². The Morgan fingerprint density at radius 1 is 1.16 bits per heavy atom. The summed E-state index contributed by atoms with van der Waals surface area (Å²) in [5.74, 6) is -1.18. The van der Waals surface area contributed by atoms with Gasteiger partial charge in [-0.25, -0.2) is 17.9 Å². The smallest absolute Gasteiger partial charge is 0.335 e. The molecule has 0 bridgehead atoms. The fourth-order valence-corrected chi connectivity index (χ4v) is 3.74. The van der Waals surface area contributed by atoms with Gasteiger partial charge in [0.05, 0.1) is 17.1 Å². The van der Waals surface area contributed by atoms with Gasteiger partial charge in [-0.3, -0.25) is 0 Å². The van der Waals surface area contributed by atoms with E-state index in [1.807, 2.05) is 32.0 Å². The quantitative estimate of drug-likeness (QED) is 0.738. The zero-order valence-electron chi connectivity index (χ0n) is 14.4. The van der Waals surface area contributed by atoms with E-state index in [1.165, 1.54) is 19.2 Å². The third-order valence-corrected chi connectivity index (χ3v) is 5.27. The Bertz CT molecular complexity index is 870. The SMILES string of the molecule is COCCNS(=O)(=O)c1cc(C(=O)O)cc(-c2c(C)cccc2C)c1. The predicted octanol–water partition coefficient (Wildman–Crippen LogP) is 2.59. The molecule has 0 aliphatic rings. The number of carboxylic acid groups (broad SMARTS) is 1. The summed E-state index contributed by atoms with van der Waals surface area (Å²) in [6, 6.07) is 9.86. The van der Waals surface area contributed by atoms with Crippen LogP contribution < -0.4 is 4.72 Å². The highest BCUT2D eigenvalue weighted by Gasteiger charge is 2.19. The number of benzene rings is 2. The van der Waals surface area contributed by atoms with Crippen molar-refractivity contribution in [1.82, 2.24) is 4.72 Å². The van der Waals surface area contributed by atoms with E-state index in [0.29, 0.717) is 5.56 Å². The number of ether oxygens (including phenoxy) is 1. The van der Waals surface area contributed by atoms with Gasteiger partial charge in [0.15, 0.2) is 0 Å². The van der Waals surface area contributed by atoms with E-state index < -0.39 is 16.0 Å². The van der Waals surface area contributed by atoms with Crippen molar-refractivity contribution in [2.75, 3.05) is 20.3 Å². The Morgan fingerprint density at radius 3 is 2.36 bits per heavy atom. The molecule has 6 nitrogen and oxygen atoms in total. The van der Waals surface area contributed by atoms with Crippen molar-refractivity contribution in [1.29, 1.82) is 0 Å². The Balaban J connectivity index is 2.60. The highest BCUT2D eigenvalue weighted by Crippen LogP contribution is 2.30. The fraction of sp³-hybridized carbons (Fsp3) is 0.278. The van der Waals surface area contributed by atoms with Gasteiger partial charge in [0.25, 0.3) is 0 Å². The van der Waals surface area contributed by atoms with Gasteiger partial charge in [-0.15, -0.1) is 0 Å². The van der Waals surface area contributed by atoms with Crippen LogP contribution >= 0.6 is 0 Å². The maximum Gasteiger partial charge on any atom is 0.335 e. The van der Waals surface area contributed by atoms with Crippen molar-refractivity contribution in [3.63, 3.8) is 0 Å². The van der Waals surface area contributed by atoms with Gasteiger partial charge in [-0.1, -0.05) is 18.2 Å². The van der Waals surface area contributed by atoms with Crippen LogP contribution in [-0.4, -0.2) is 39.8 Å². The molecule has 25 heavy (non-hydrogen) atoms. The van der Waals surface area contributed by atoms with Gasteiger partial charge in [-0.05, 0) is 54.3 Å². The van der Waals surface area contributed by atoms with Crippen LogP contribution in [0.15, 0.2) is 41.3 Å². The molecule has 134 valence electrons. The Morgan fingerprint density at radius 2 is 1.80 bits per heavy atom. The van der Waals surface area contributed by atoms with E-state index >= 15 is 0 Å². The molecule has 0 aliphatic heterocycles. The molecule has 2 N–H and O–H groups in total. The number of hydrogen-bond donors (Lipinski definition) is 2. The number of nitrogens with one attached hydrogen (secondary N) is 1. The van der Waals surface area contributed by atoms with E-state index in [1.54, 1.807) is 0 Å². The molecule has 0 heterocycles. The maximum atomic E-state index is 12.5. The monoisotopic (exact) mass is 363 g/mol. The Hall–Kier alpha value is -2.22. The number of carboxylic acids is 1. The molecule has 0 fully saturated rings. The summed E-state index contributed by atoms with van der Waals surface area (Å²) >= 11 is 0. The second-order valence-electron chi connectivity index (χ2n) is 5.71. The molecular formula is C18H21NO5S. The van der Waals surface area contributed by atoms with Crippen molar-refractivity contribution >= 4 is 16.0 Å². The van der Waals surface area contributed by atoms with Crippen molar-refractivity contribution in [2.24, 2.45) is 0 Å². The molecule has 0 amide bonds. The minimum absolute atomic E-state index is 0.0766. The molecule has 0 aromatic heterocycles. The summed E-state index contributed by atoms with van der Waals surface area (Å²) < 4.78 is 32.2. The van der Waals surface area contributed by atoms with Crippen LogP contribution in [0.5, 0.6) is 0 Å². The van der Waals surface area contributed by atoms with E-state index in [-0.39, 0.29) is 23.6 Å². The average Bonchev–Trinajstić information content (AvgIpc) is 2.54. The number of hydrogen-bond acceptors (Lipinski definition) is 4. The fourth-order valence-electron chi connectivity index (χ4n) is 2.65. The second-order valence-corrected chi connectivity index (χ2v) is 7.48. The molecule has 0 radical (unpaired) electrons. The molecule has 7 heteroatoms. The summed E-state index contributed by atoms with van der Waals surface area (Å²) in [4.78, 5) is 11.4. The largest absolute Gasteiger partial charge is 0.478 e. The lowest BCUT2D eigenvalue weighted by atomic mass is 9.95. The normalized spacial score (nSPS) is 11.5. The van der Waals surface area contributed by atoms with Crippen molar-refractivity contribution in [2.45, 2.75) is 18.7 Å². The standard InChI is InChI=1S/C18H21NO5S/c1-12-5-4-6-13(2)17(12)14-9-15(18(20)21)11-16(10-14)25(22,23)19-7-8-24-3/h4-6,9-11,19H,7-8H2,1-3H3,(H,20,21). The number of sulfonamides is 1. The minimum atomic E-state index is -3.84. The molecule has 0 saturated carbocycles. The number of aryl methyl sites for hydroxylation is 2. The van der Waals surface area contributed by atoms with Crippen LogP contribution in [0.4, 0.5) is 0 Å². The van der Waals surface area contributed by atoms with Gasteiger partial charge in [0, 0.05) is 13.7 Å². The van der Waals surface area contributed by atoms with Crippen molar-refractivity contribution in [3.05, 3.63) is 53.1 Å². The lowest BCUT2D eigenvalue weighted by Crippen LogP contribution is -2.27. The van der Waals surface area contributed by atoms with Crippen LogP contribution in [0.1, 0.15) is 21.5 Å². The van der Waals surface area contributed by atoms with Gasteiger partial charge < -0.3 is 9.84 Å². The minimum Gasteiger partial charge on any atom is -0.478 e. The first-order valence-corrected chi connectivity index (χ1v) is 9.18. The topological polar surface area (TPSA) is 92.7 Å². The second kappa shape index (κ2) is 7.77. The molecular weight excluding hydrogens is 342 g/mol. The molecule has 2 aromatic carbocycles. The Kier molecular flexibility index (Phi) is 5.94. The van der Waals surface area contributed by atoms with E-state index in [4.69, 9.17) is 4.74 Å². The third kappa shape index (κ3) is 4.45. The molecule has 0 saturated heterocycles. The number of methoxy groups -OCH3 is 1. The number of carbonyl (C=O) groups is 1. The zero-order chi connectivity index (χ0) is 18.6. The summed E-state index contributed by atoms with van der Waals surface area (Å²) in [6.07, 6.45) is 0. The number of rotatable bonds is 7. The first-order valence-electron chi connectivity index (χ1n) is 7.70. The van der Waals surface area contributed by atoms with E-state index in [0.717, 1.165) is 22.8 Å². The number of aromatic carboxylic acids is 1. The van der Waals surface area contributed by atoms with Crippen molar-refractivity contribution < 1.29 is 23.1 Å².